The van der Waals surface area contributed by atoms with Crippen molar-refractivity contribution >= 4 is 32.3 Å². The average molecular weight is 765 g/mol. The summed E-state index contributed by atoms with van der Waals surface area (Å²) in [5, 5.41) is 7.61. The zero-order chi connectivity index (χ0) is 40.3. The summed E-state index contributed by atoms with van der Waals surface area (Å²) in [7, 11) is 0. The quantitative estimate of drug-likeness (QED) is 0.157. The Kier molecular flexibility index (Phi) is 7.42. The van der Waals surface area contributed by atoms with Gasteiger partial charge in [0, 0.05) is 10.8 Å². The molecular weight excluding hydrogens is 721 g/mol. The minimum absolute atomic E-state index is 0.0386. The standard InChI is InChI=1S/C60H44/c1-59(2)53-25-12-10-21-49(53)58-50(23-14-26-54(58)59)57-47-20-8-7-19-46(47)56(48-34-32-41(35-51(48)57)43-22-13-16-38-15-5-6-17-42(38)43)39-29-27-37(28-30-39)40-31-33-45-44-18-9-11-24-52(44)60(3,4)55(45)36-40/h5-36H,1-4H3. The Bertz CT molecular complexity index is 3400. The van der Waals surface area contributed by atoms with E-state index in [1.165, 1.54) is 121 Å². The van der Waals surface area contributed by atoms with Gasteiger partial charge in [0.05, 0.1) is 0 Å². The van der Waals surface area contributed by atoms with Gasteiger partial charge in [-0.15, -0.1) is 0 Å². The molecule has 0 radical (unpaired) electrons. The molecule has 284 valence electrons. The van der Waals surface area contributed by atoms with Crippen LogP contribution in [0.3, 0.4) is 0 Å². The molecule has 60 heavy (non-hydrogen) atoms. The van der Waals surface area contributed by atoms with Crippen LogP contribution in [-0.2, 0) is 10.8 Å². The van der Waals surface area contributed by atoms with E-state index in [2.05, 4.69) is 222 Å². The van der Waals surface area contributed by atoms with Crippen molar-refractivity contribution in [1.82, 2.24) is 0 Å². The molecule has 0 saturated heterocycles. The van der Waals surface area contributed by atoms with Crippen LogP contribution in [0.15, 0.2) is 194 Å². The molecular formula is C60H44. The first-order valence-corrected chi connectivity index (χ1v) is 21.3. The Morgan fingerprint density at radius 3 is 1.55 bits per heavy atom. The molecule has 10 aromatic rings. The lowest BCUT2D eigenvalue weighted by molar-refractivity contribution is 0.660. The van der Waals surface area contributed by atoms with Crippen LogP contribution >= 0.6 is 0 Å². The van der Waals surface area contributed by atoms with Gasteiger partial charge in [-0.2, -0.15) is 0 Å². The van der Waals surface area contributed by atoms with Gasteiger partial charge in [-0.05, 0) is 133 Å². The normalized spacial score (nSPS) is 14.3. The maximum absolute atomic E-state index is 2.48. The highest BCUT2D eigenvalue weighted by molar-refractivity contribution is 6.23. The minimum Gasteiger partial charge on any atom is -0.0619 e. The first-order chi connectivity index (χ1) is 29.3. The largest absolute Gasteiger partial charge is 0.0619 e. The molecule has 0 heteroatoms. The molecule has 0 nitrogen and oxygen atoms in total. The van der Waals surface area contributed by atoms with E-state index in [0.29, 0.717) is 0 Å². The molecule has 2 aliphatic rings. The predicted octanol–water partition coefficient (Wildman–Crippen LogP) is 16.4. The van der Waals surface area contributed by atoms with Gasteiger partial charge in [-0.3, -0.25) is 0 Å². The van der Waals surface area contributed by atoms with Crippen LogP contribution in [0, 0.1) is 0 Å². The molecule has 12 rings (SSSR count). The topological polar surface area (TPSA) is 0 Å². The van der Waals surface area contributed by atoms with E-state index >= 15 is 0 Å². The number of benzene rings is 10. The van der Waals surface area contributed by atoms with Crippen molar-refractivity contribution < 1.29 is 0 Å². The summed E-state index contributed by atoms with van der Waals surface area (Å²) < 4.78 is 0. The Morgan fingerprint density at radius 1 is 0.250 bits per heavy atom. The second-order valence-electron chi connectivity index (χ2n) is 18.0. The summed E-state index contributed by atoms with van der Waals surface area (Å²) in [5.74, 6) is 0. The molecule has 10 aromatic carbocycles. The maximum Gasteiger partial charge on any atom is 0.0159 e. The molecule has 0 amide bonds. The Balaban J connectivity index is 1.10. The van der Waals surface area contributed by atoms with Crippen LogP contribution in [0.2, 0.25) is 0 Å². The molecule has 0 saturated carbocycles. The van der Waals surface area contributed by atoms with Gasteiger partial charge in [-0.1, -0.05) is 210 Å². The fourth-order valence-electron chi connectivity index (χ4n) is 11.1. The second-order valence-corrected chi connectivity index (χ2v) is 18.0. The molecule has 0 atom stereocenters. The molecule has 0 N–H and O–H groups in total. The van der Waals surface area contributed by atoms with Crippen molar-refractivity contribution in [2.24, 2.45) is 0 Å². The summed E-state index contributed by atoms with van der Waals surface area (Å²) in [6, 6.07) is 73.1. The molecule has 0 aromatic heterocycles. The summed E-state index contributed by atoms with van der Waals surface area (Å²) >= 11 is 0. The van der Waals surface area contributed by atoms with Gasteiger partial charge in [0.2, 0.25) is 0 Å². The summed E-state index contributed by atoms with van der Waals surface area (Å²) in [6.45, 7) is 9.48. The molecule has 0 heterocycles. The lowest BCUT2D eigenvalue weighted by atomic mass is 9.80. The second kappa shape index (κ2) is 12.7. The van der Waals surface area contributed by atoms with Gasteiger partial charge in [-0.25, -0.2) is 0 Å². The van der Waals surface area contributed by atoms with Crippen molar-refractivity contribution in [1.29, 1.82) is 0 Å². The van der Waals surface area contributed by atoms with Crippen LogP contribution in [0.1, 0.15) is 49.9 Å². The lowest BCUT2D eigenvalue weighted by Crippen LogP contribution is -2.14. The fourth-order valence-corrected chi connectivity index (χ4v) is 11.1. The van der Waals surface area contributed by atoms with Crippen LogP contribution in [0.5, 0.6) is 0 Å². The van der Waals surface area contributed by atoms with E-state index in [1.54, 1.807) is 0 Å². The van der Waals surface area contributed by atoms with Gasteiger partial charge >= 0.3 is 0 Å². The third-order valence-corrected chi connectivity index (χ3v) is 14.1. The molecule has 0 bridgehead atoms. The van der Waals surface area contributed by atoms with Crippen LogP contribution in [0.4, 0.5) is 0 Å². The first-order valence-electron chi connectivity index (χ1n) is 21.3. The SMILES string of the molecule is CC1(C)c2ccccc2-c2ccc(-c3ccc(-c4c5ccccc5c(-c5cccc6c5-c5ccccc5C6(C)C)c5cc(-c6cccc7ccccc67)ccc45)cc3)cc21. The van der Waals surface area contributed by atoms with Gasteiger partial charge in [0.15, 0.2) is 0 Å². The van der Waals surface area contributed by atoms with Crippen molar-refractivity contribution in [3.8, 4) is 66.8 Å². The molecule has 0 aliphatic heterocycles. The maximum atomic E-state index is 2.48. The monoisotopic (exact) mass is 764 g/mol. The lowest BCUT2D eigenvalue weighted by Gasteiger charge is -2.23. The highest BCUT2D eigenvalue weighted by Gasteiger charge is 2.38. The zero-order valence-corrected chi connectivity index (χ0v) is 34.5. The third-order valence-electron chi connectivity index (χ3n) is 14.1. The zero-order valence-electron chi connectivity index (χ0n) is 34.5. The predicted molar refractivity (Wildman–Crippen MR) is 256 cm³/mol. The fraction of sp³-hybridized carbons (Fsp3) is 0.100. The van der Waals surface area contributed by atoms with Gasteiger partial charge < -0.3 is 0 Å². The van der Waals surface area contributed by atoms with Crippen LogP contribution in [-0.4, -0.2) is 0 Å². The van der Waals surface area contributed by atoms with Gasteiger partial charge in [0.1, 0.15) is 0 Å². The highest BCUT2D eigenvalue weighted by atomic mass is 14.4. The van der Waals surface area contributed by atoms with Crippen LogP contribution in [0.25, 0.3) is 99.1 Å². The summed E-state index contributed by atoms with van der Waals surface area (Å²) in [6.07, 6.45) is 0. The van der Waals surface area contributed by atoms with Crippen molar-refractivity contribution in [2.75, 3.05) is 0 Å². The highest BCUT2D eigenvalue weighted by Crippen LogP contribution is 2.55. The van der Waals surface area contributed by atoms with Crippen LogP contribution < -0.4 is 0 Å². The van der Waals surface area contributed by atoms with Gasteiger partial charge in [0.25, 0.3) is 0 Å². The van der Waals surface area contributed by atoms with E-state index in [4.69, 9.17) is 0 Å². The Morgan fingerprint density at radius 2 is 0.750 bits per heavy atom. The van der Waals surface area contributed by atoms with Crippen molar-refractivity contribution in [3.05, 3.63) is 216 Å². The first kappa shape index (κ1) is 35.0. The van der Waals surface area contributed by atoms with Crippen molar-refractivity contribution in [2.45, 2.75) is 38.5 Å². The Hall–Kier alpha value is -7.02. The van der Waals surface area contributed by atoms with E-state index in [0.717, 1.165) is 0 Å². The number of hydrogen-bond donors (Lipinski definition) is 0. The number of rotatable bonds is 4. The van der Waals surface area contributed by atoms with E-state index in [9.17, 15) is 0 Å². The molecule has 0 spiro atoms. The minimum atomic E-state index is -0.0953. The third kappa shape index (κ3) is 4.91. The average Bonchev–Trinajstić information content (AvgIpc) is 3.67. The van der Waals surface area contributed by atoms with E-state index in [-0.39, 0.29) is 10.8 Å². The molecule has 2 aliphatic carbocycles. The van der Waals surface area contributed by atoms with E-state index in [1.807, 2.05) is 0 Å². The number of hydrogen-bond acceptors (Lipinski definition) is 0. The summed E-state index contributed by atoms with van der Waals surface area (Å²) in [4.78, 5) is 0. The smallest absolute Gasteiger partial charge is 0.0159 e. The summed E-state index contributed by atoms with van der Waals surface area (Å²) in [5.41, 5.74) is 20.9. The molecule has 0 unspecified atom stereocenters. The van der Waals surface area contributed by atoms with E-state index < -0.39 is 0 Å². The number of fused-ring (bicyclic) bond motifs is 9. The molecule has 0 fully saturated rings. The Labute approximate surface area is 352 Å². The van der Waals surface area contributed by atoms with Crippen molar-refractivity contribution in [3.63, 3.8) is 0 Å².